The van der Waals surface area contributed by atoms with E-state index in [0.29, 0.717) is 10.8 Å². The Bertz CT molecular complexity index is 660. The average molecular weight is 272 g/mol. The molecule has 0 aliphatic carbocycles. The topological polar surface area (TPSA) is 37.6 Å². The standard InChI is InChI=1S/C11H5ClF3N3/c12-9-4-7-3-8(2-1-6(7)5-16-9)10(17-18-10)11(13,14)15/h1-5H. The van der Waals surface area contributed by atoms with Gasteiger partial charge in [-0.05, 0) is 17.5 Å². The highest BCUT2D eigenvalue weighted by Crippen LogP contribution is 2.52. The highest BCUT2D eigenvalue weighted by atomic mass is 35.5. The largest absolute Gasteiger partial charge is 0.442 e. The maximum Gasteiger partial charge on any atom is 0.442 e. The molecule has 1 aliphatic rings. The van der Waals surface area contributed by atoms with Crippen molar-refractivity contribution in [3.63, 3.8) is 0 Å². The molecule has 0 bridgehead atoms. The zero-order chi connectivity index (χ0) is 13.0. The van der Waals surface area contributed by atoms with Gasteiger partial charge in [0.15, 0.2) is 0 Å². The zero-order valence-corrected chi connectivity index (χ0v) is 9.50. The summed E-state index contributed by atoms with van der Waals surface area (Å²) in [5.41, 5.74) is -2.40. The van der Waals surface area contributed by atoms with Gasteiger partial charge in [0.1, 0.15) is 5.15 Å². The van der Waals surface area contributed by atoms with Gasteiger partial charge in [-0.1, -0.05) is 23.7 Å². The van der Waals surface area contributed by atoms with Crippen LogP contribution in [0.3, 0.4) is 0 Å². The predicted octanol–water partition coefficient (Wildman–Crippen LogP) is 4.07. The van der Waals surface area contributed by atoms with E-state index < -0.39 is 11.8 Å². The van der Waals surface area contributed by atoms with Crippen molar-refractivity contribution in [1.29, 1.82) is 0 Å². The molecule has 3 rings (SSSR count). The van der Waals surface area contributed by atoms with Gasteiger partial charge in [0, 0.05) is 17.1 Å². The third kappa shape index (κ3) is 1.56. The van der Waals surface area contributed by atoms with Gasteiger partial charge in [-0.2, -0.15) is 13.2 Å². The summed E-state index contributed by atoms with van der Waals surface area (Å²) >= 11 is 5.71. The number of nitrogens with zero attached hydrogens (tertiary/aromatic N) is 3. The van der Waals surface area contributed by atoms with Gasteiger partial charge in [0.25, 0.3) is 0 Å². The fourth-order valence-electron chi connectivity index (χ4n) is 1.77. The molecule has 0 amide bonds. The lowest BCUT2D eigenvalue weighted by Gasteiger charge is -2.15. The van der Waals surface area contributed by atoms with E-state index in [2.05, 4.69) is 15.2 Å². The second kappa shape index (κ2) is 3.41. The number of rotatable bonds is 1. The fraction of sp³-hybridized carbons (Fsp3) is 0.182. The first-order valence-corrected chi connectivity index (χ1v) is 5.37. The molecule has 0 atom stereocenters. The van der Waals surface area contributed by atoms with Crippen LogP contribution < -0.4 is 0 Å². The van der Waals surface area contributed by atoms with Crippen LogP contribution in [-0.2, 0) is 5.66 Å². The highest BCUT2D eigenvalue weighted by Gasteiger charge is 2.65. The van der Waals surface area contributed by atoms with E-state index in [-0.39, 0.29) is 10.7 Å². The van der Waals surface area contributed by atoms with Crippen LogP contribution in [0.15, 0.2) is 40.7 Å². The number of halogens is 4. The monoisotopic (exact) mass is 271 g/mol. The van der Waals surface area contributed by atoms with Crippen molar-refractivity contribution >= 4 is 22.4 Å². The Balaban J connectivity index is 2.14. The first kappa shape index (κ1) is 11.4. The van der Waals surface area contributed by atoms with E-state index in [4.69, 9.17) is 11.6 Å². The average Bonchev–Trinajstić information content (AvgIpc) is 3.08. The normalized spacial score (nSPS) is 17.1. The van der Waals surface area contributed by atoms with Crippen LogP contribution in [0.25, 0.3) is 10.8 Å². The van der Waals surface area contributed by atoms with Gasteiger partial charge < -0.3 is 0 Å². The maximum atomic E-state index is 12.8. The van der Waals surface area contributed by atoms with Gasteiger partial charge in [-0.15, -0.1) is 10.2 Å². The number of hydrogen-bond donors (Lipinski definition) is 0. The molecule has 2 heterocycles. The van der Waals surface area contributed by atoms with Crippen LogP contribution >= 0.6 is 11.6 Å². The van der Waals surface area contributed by atoms with Crippen LogP contribution in [0.5, 0.6) is 0 Å². The van der Waals surface area contributed by atoms with Crippen LogP contribution in [-0.4, -0.2) is 11.2 Å². The van der Waals surface area contributed by atoms with Crippen molar-refractivity contribution in [3.8, 4) is 0 Å². The number of alkyl halides is 3. The van der Waals surface area contributed by atoms with E-state index in [1.165, 1.54) is 24.4 Å². The highest BCUT2D eigenvalue weighted by molar-refractivity contribution is 6.30. The summed E-state index contributed by atoms with van der Waals surface area (Å²) in [6, 6.07) is 5.79. The second-order valence-corrected chi connectivity index (χ2v) is 4.33. The molecule has 0 saturated carbocycles. The lowest BCUT2D eigenvalue weighted by atomic mass is 10.00. The third-order valence-corrected chi connectivity index (χ3v) is 2.99. The molecule has 0 fully saturated rings. The minimum Gasteiger partial charge on any atom is -0.244 e. The van der Waals surface area contributed by atoms with Crippen LogP contribution in [0, 0.1) is 0 Å². The number of benzene rings is 1. The van der Waals surface area contributed by atoms with E-state index >= 15 is 0 Å². The molecule has 92 valence electrons. The molecule has 0 unspecified atom stereocenters. The molecule has 0 radical (unpaired) electrons. The summed E-state index contributed by atoms with van der Waals surface area (Å²) in [4.78, 5) is 3.86. The quantitative estimate of drug-likeness (QED) is 0.721. The Labute approximate surface area is 104 Å². The van der Waals surface area contributed by atoms with E-state index in [1.54, 1.807) is 6.07 Å². The first-order valence-electron chi connectivity index (χ1n) is 4.99. The molecule has 2 aromatic rings. The number of aromatic nitrogens is 1. The Morgan fingerprint density at radius 3 is 2.39 bits per heavy atom. The molecule has 18 heavy (non-hydrogen) atoms. The van der Waals surface area contributed by atoms with Gasteiger partial charge in [-0.25, -0.2) is 4.98 Å². The summed E-state index contributed by atoms with van der Waals surface area (Å²) in [6.45, 7) is 0. The molecule has 0 spiro atoms. The molecular formula is C11H5ClF3N3. The van der Waals surface area contributed by atoms with Gasteiger partial charge in [-0.3, -0.25) is 0 Å². The van der Waals surface area contributed by atoms with E-state index in [1.807, 2.05) is 0 Å². The van der Waals surface area contributed by atoms with Crippen LogP contribution in [0.1, 0.15) is 5.56 Å². The smallest absolute Gasteiger partial charge is 0.244 e. The Morgan fingerprint density at radius 2 is 1.78 bits per heavy atom. The summed E-state index contributed by atoms with van der Waals surface area (Å²) in [5.74, 6) is 0. The lowest BCUT2D eigenvalue weighted by molar-refractivity contribution is -0.166. The predicted molar refractivity (Wildman–Crippen MR) is 59.3 cm³/mol. The zero-order valence-electron chi connectivity index (χ0n) is 8.74. The Hall–Kier alpha value is -1.69. The maximum absolute atomic E-state index is 12.8. The minimum absolute atomic E-state index is 0.00948. The van der Waals surface area contributed by atoms with Crippen LogP contribution in [0.2, 0.25) is 5.15 Å². The van der Waals surface area contributed by atoms with E-state index in [0.717, 1.165) is 0 Å². The molecule has 1 aromatic heterocycles. The molecule has 0 N–H and O–H groups in total. The van der Waals surface area contributed by atoms with Gasteiger partial charge in [0.05, 0.1) is 0 Å². The Kier molecular flexibility index (Phi) is 2.16. The van der Waals surface area contributed by atoms with Crippen molar-refractivity contribution in [3.05, 3.63) is 41.2 Å². The molecular weight excluding hydrogens is 267 g/mol. The number of fused-ring (bicyclic) bond motifs is 1. The summed E-state index contributed by atoms with van der Waals surface area (Å²) in [6.07, 6.45) is -3.01. The molecule has 1 aliphatic heterocycles. The van der Waals surface area contributed by atoms with Gasteiger partial charge in [0.2, 0.25) is 0 Å². The summed E-state index contributed by atoms with van der Waals surface area (Å²) < 4.78 is 38.5. The number of hydrogen-bond acceptors (Lipinski definition) is 3. The van der Waals surface area contributed by atoms with Crippen molar-refractivity contribution < 1.29 is 13.2 Å². The molecule has 3 nitrogen and oxygen atoms in total. The van der Waals surface area contributed by atoms with Crippen molar-refractivity contribution in [2.45, 2.75) is 11.8 Å². The molecule has 0 saturated heterocycles. The van der Waals surface area contributed by atoms with E-state index in [9.17, 15) is 13.2 Å². The fourth-order valence-corrected chi connectivity index (χ4v) is 1.94. The van der Waals surface area contributed by atoms with Crippen LogP contribution in [0.4, 0.5) is 13.2 Å². The first-order chi connectivity index (χ1) is 8.42. The van der Waals surface area contributed by atoms with Crippen molar-refractivity contribution in [2.24, 2.45) is 10.2 Å². The summed E-state index contributed by atoms with van der Waals surface area (Å²) in [5, 5.41) is 7.83. The SMILES string of the molecule is FC(F)(F)C1(c2ccc3cnc(Cl)cc3c2)N=N1. The van der Waals surface area contributed by atoms with Crippen molar-refractivity contribution in [1.82, 2.24) is 4.98 Å². The molecule has 7 heteroatoms. The molecule has 1 aromatic carbocycles. The lowest BCUT2D eigenvalue weighted by Crippen LogP contribution is -2.30. The number of pyridine rings is 1. The second-order valence-electron chi connectivity index (χ2n) is 3.94. The van der Waals surface area contributed by atoms with Crippen molar-refractivity contribution in [2.75, 3.05) is 0 Å². The third-order valence-electron chi connectivity index (χ3n) is 2.79. The minimum atomic E-state index is -4.52. The Morgan fingerprint density at radius 1 is 1.06 bits per heavy atom. The van der Waals surface area contributed by atoms with Gasteiger partial charge >= 0.3 is 11.8 Å². The summed E-state index contributed by atoms with van der Waals surface area (Å²) in [7, 11) is 0.